The van der Waals surface area contributed by atoms with E-state index in [1.54, 1.807) is 37.6 Å². The van der Waals surface area contributed by atoms with Crippen LogP contribution in [0.3, 0.4) is 0 Å². The molecule has 0 bridgehead atoms. The number of benzene rings is 2. The molecule has 0 saturated carbocycles. The molecule has 3 rings (SSSR count). The van der Waals surface area contributed by atoms with Crippen LogP contribution in [-0.4, -0.2) is 13.0 Å². The molecule has 1 amide bonds. The van der Waals surface area contributed by atoms with Crippen LogP contribution in [0.15, 0.2) is 59.2 Å². The van der Waals surface area contributed by atoms with Gasteiger partial charge in [-0.2, -0.15) is 0 Å². The molecule has 0 atom stereocenters. The first-order valence-electron chi connectivity index (χ1n) is 7.94. The molecular formula is C20H18ClNO3. The van der Waals surface area contributed by atoms with Crippen molar-refractivity contribution in [3.8, 4) is 16.9 Å². The Balaban J connectivity index is 1.87. The van der Waals surface area contributed by atoms with Gasteiger partial charge in [-0.15, -0.1) is 0 Å². The van der Waals surface area contributed by atoms with Crippen LogP contribution in [0.1, 0.15) is 23.0 Å². The Morgan fingerprint density at radius 1 is 1.20 bits per heavy atom. The predicted molar refractivity (Wildman–Crippen MR) is 99.5 cm³/mol. The average molecular weight is 356 g/mol. The molecule has 0 fully saturated rings. The maximum Gasteiger partial charge on any atom is 0.291 e. The summed E-state index contributed by atoms with van der Waals surface area (Å²) in [6, 6.07) is 14.6. The first kappa shape index (κ1) is 17.1. The lowest BCUT2D eigenvalue weighted by atomic mass is 10.0. The quantitative estimate of drug-likeness (QED) is 0.664. The number of anilines is 1. The maximum absolute atomic E-state index is 12.6. The topological polar surface area (TPSA) is 51.5 Å². The molecule has 0 aliphatic heterocycles. The zero-order chi connectivity index (χ0) is 17.8. The summed E-state index contributed by atoms with van der Waals surface area (Å²) in [4.78, 5) is 12.6. The van der Waals surface area contributed by atoms with Gasteiger partial charge in [-0.05, 0) is 48.4 Å². The van der Waals surface area contributed by atoms with Gasteiger partial charge >= 0.3 is 0 Å². The fraction of sp³-hybridized carbons (Fsp3) is 0.150. The molecule has 0 spiro atoms. The minimum absolute atomic E-state index is 0.282. The van der Waals surface area contributed by atoms with E-state index in [-0.39, 0.29) is 5.91 Å². The van der Waals surface area contributed by atoms with Crippen molar-refractivity contribution in [3.05, 3.63) is 71.1 Å². The zero-order valence-corrected chi connectivity index (χ0v) is 14.8. The molecule has 0 aliphatic rings. The van der Waals surface area contributed by atoms with Crippen molar-refractivity contribution >= 4 is 23.2 Å². The third-order valence-electron chi connectivity index (χ3n) is 3.94. The lowest BCUT2D eigenvalue weighted by Gasteiger charge is -2.07. The summed E-state index contributed by atoms with van der Waals surface area (Å²) in [5.41, 5.74) is 3.34. The van der Waals surface area contributed by atoms with E-state index in [1.807, 2.05) is 31.2 Å². The van der Waals surface area contributed by atoms with Crippen LogP contribution in [0.4, 0.5) is 5.69 Å². The third-order valence-corrected chi connectivity index (χ3v) is 4.17. The van der Waals surface area contributed by atoms with Crippen molar-refractivity contribution in [3.63, 3.8) is 0 Å². The van der Waals surface area contributed by atoms with Crippen LogP contribution in [-0.2, 0) is 6.42 Å². The fourth-order valence-corrected chi connectivity index (χ4v) is 2.87. The standard InChI is InChI=1S/C20H18ClNO3/c1-3-17-18(13-5-4-6-14(21)11-13)12-25-19(17)20(23)22-15-7-9-16(24-2)10-8-15/h4-12H,3H2,1-2H3,(H,22,23). The Labute approximate surface area is 151 Å². The van der Waals surface area contributed by atoms with Crippen molar-refractivity contribution in [2.45, 2.75) is 13.3 Å². The summed E-state index contributed by atoms with van der Waals surface area (Å²) in [5, 5.41) is 3.49. The highest BCUT2D eigenvalue weighted by Gasteiger charge is 2.20. The number of nitrogens with one attached hydrogen (secondary N) is 1. The average Bonchev–Trinajstić information content (AvgIpc) is 3.06. The molecule has 4 nitrogen and oxygen atoms in total. The van der Waals surface area contributed by atoms with Crippen molar-refractivity contribution in [1.29, 1.82) is 0 Å². The number of hydrogen-bond acceptors (Lipinski definition) is 3. The largest absolute Gasteiger partial charge is 0.497 e. The minimum Gasteiger partial charge on any atom is -0.497 e. The molecule has 1 N–H and O–H groups in total. The smallest absolute Gasteiger partial charge is 0.291 e. The predicted octanol–water partition coefficient (Wildman–Crippen LogP) is 5.42. The van der Waals surface area contributed by atoms with E-state index in [2.05, 4.69) is 5.32 Å². The lowest BCUT2D eigenvalue weighted by molar-refractivity contribution is 0.0995. The lowest BCUT2D eigenvalue weighted by Crippen LogP contribution is -2.12. The van der Waals surface area contributed by atoms with E-state index in [1.165, 1.54) is 0 Å². The second kappa shape index (κ2) is 7.45. The van der Waals surface area contributed by atoms with E-state index in [9.17, 15) is 4.79 Å². The highest BCUT2D eigenvalue weighted by molar-refractivity contribution is 6.30. The maximum atomic E-state index is 12.6. The summed E-state index contributed by atoms with van der Waals surface area (Å²) >= 11 is 6.07. The van der Waals surface area contributed by atoms with E-state index < -0.39 is 0 Å². The normalized spacial score (nSPS) is 10.5. The van der Waals surface area contributed by atoms with E-state index >= 15 is 0 Å². The summed E-state index contributed by atoms with van der Waals surface area (Å²) in [6.45, 7) is 1.99. The van der Waals surface area contributed by atoms with E-state index in [0.717, 1.165) is 22.4 Å². The van der Waals surface area contributed by atoms with Crippen molar-refractivity contribution in [1.82, 2.24) is 0 Å². The molecule has 0 radical (unpaired) electrons. The Hall–Kier alpha value is -2.72. The minimum atomic E-state index is -0.282. The number of ether oxygens (including phenoxy) is 1. The fourth-order valence-electron chi connectivity index (χ4n) is 2.68. The molecule has 0 unspecified atom stereocenters. The monoisotopic (exact) mass is 355 g/mol. The van der Waals surface area contributed by atoms with Crippen LogP contribution in [0, 0.1) is 0 Å². The van der Waals surface area contributed by atoms with Gasteiger partial charge in [0.25, 0.3) is 5.91 Å². The first-order chi connectivity index (χ1) is 12.1. The number of halogens is 1. The Kier molecular flexibility index (Phi) is 5.10. The first-order valence-corrected chi connectivity index (χ1v) is 8.32. The Morgan fingerprint density at radius 2 is 1.96 bits per heavy atom. The van der Waals surface area contributed by atoms with Crippen molar-refractivity contribution in [2.75, 3.05) is 12.4 Å². The van der Waals surface area contributed by atoms with Crippen LogP contribution in [0.25, 0.3) is 11.1 Å². The molecule has 1 aromatic heterocycles. The molecule has 3 aromatic rings. The molecule has 2 aromatic carbocycles. The molecular weight excluding hydrogens is 338 g/mol. The highest BCUT2D eigenvalue weighted by atomic mass is 35.5. The highest BCUT2D eigenvalue weighted by Crippen LogP contribution is 2.31. The van der Waals surface area contributed by atoms with Crippen LogP contribution >= 0.6 is 11.6 Å². The molecule has 0 saturated heterocycles. The number of carbonyl (C=O) groups excluding carboxylic acids is 1. The van der Waals surface area contributed by atoms with Gasteiger partial charge in [-0.25, -0.2) is 0 Å². The number of hydrogen-bond donors (Lipinski definition) is 1. The van der Waals surface area contributed by atoms with Gasteiger partial charge in [0.1, 0.15) is 5.75 Å². The SMILES string of the molecule is CCc1c(-c2cccc(Cl)c2)coc1C(=O)Nc1ccc(OC)cc1. The van der Waals surface area contributed by atoms with Gasteiger partial charge in [0.15, 0.2) is 5.76 Å². The van der Waals surface area contributed by atoms with Gasteiger partial charge in [-0.3, -0.25) is 4.79 Å². The van der Waals surface area contributed by atoms with Gasteiger partial charge in [-0.1, -0.05) is 30.7 Å². The van der Waals surface area contributed by atoms with Crippen LogP contribution in [0.5, 0.6) is 5.75 Å². The van der Waals surface area contributed by atoms with Gasteiger partial charge in [0, 0.05) is 21.8 Å². The summed E-state index contributed by atoms with van der Waals surface area (Å²) < 4.78 is 10.7. The Bertz CT molecular complexity index is 884. The van der Waals surface area contributed by atoms with Crippen molar-refractivity contribution < 1.29 is 13.9 Å². The van der Waals surface area contributed by atoms with Gasteiger partial charge in [0.2, 0.25) is 0 Å². The molecule has 0 aliphatic carbocycles. The van der Waals surface area contributed by atoms with Gasteiger partial charge in [0.05, 0.1) is 13.4 Å². The van der Waals surface area contributed by atoms with Gasteiger partial charge < -0.3 is 14.5 Å². The van der Waals surface area contributed by atoms with Crippen molar-refractivity contribution in [2.24, 2.45) is 0 Å². The molecule has 25 heavy (non-hydrogen) atoms. The second-order valence-corrected chi connectivity index (χ2v) is 5.94. The number of methoxy groups -OCH3 is 1. The van der Waals surface area contributed by atoms with E-state index in [0.29, 0.717) is 22.9 Å². The second-order valence-electron chi connectivity index (χ2n) is 5.50. The number of furan rings is 1. The molecule has 1 heterocycles. The summed E-state index contributed by atoms with van der Waals surface area (Å²) in [7, 11) is 1.60. The zero-order valence-electron chi connectivity index (χ0n) is 14.0. The van der Waals surface area contributed by atoms with Crippen LogP contribution in [0.2, 0.25) is 5.02 Å². The molecule has 5 heteroatoms. The third kappa shape index (κ3) is 3.69. The number of amides is 1. The number of carbonyl (C=O) groups is 1. The van der Waals surface area contributed by atoms with Crippen LogP contribution < -0.4 is 10.1 Å². The molecule has 128 valence electrons. The Morgan fingerprint density at radius 3 is 2.60 bits per heavy atom. The number of rotatable bonds is 5. The summed E-state index contributed by atoms with van der Waals surface area (Å²) in [6.07, 6.45) is 2.27. The van der Waals surface area contributed by atoms with E-state index in [4.69, 9.17) is 20.8 Å². The summed E-state index contributed by atoms with van der Waals surface area (Å²) in [5.74, 6) is 0.761.